The summed E-state index contributed by atoms with van der Waals surface area (Å²) < 4.78 is 33.9. The van der Waals surface area contributed by atoms with Crippen LogP contribution in [-0.2, 0) is 28.4 Å². The smallest absolute Gasteiger partial charge is 0.349 e. The van der Waals surface area contributed by atoms with Gasteiger partial charge in [0.1, 0.15) is 15.6 Å². The first-order chi connectivity index (χ1) is 11.4. The summed E-state index contributed by atoms with van der Waals surface area (Å²) in [7, 11) is -0.812. The van der Waals surface area contributed by atoms with E-state index in [0.717, 1.165) is 22.4 Å². The van der Waals surface area contributed by atoms with E-state index in [1.165, 1.54) is 18.6 Å². The highest BCUT2D eigenvalue weighted by molar-refractivity contribution is 7.89. The standard InChI is InChI=1S/C15H15N3O4S2/c1-18-11-6-4-3-5-10(11)17-13(18)9-16-24(20,21)12-7-8-23-14(12)15(19)22-2/h3-8,16H,9H2,1-2H3. The van der Waals surface area contributed by atoms with Crippen molar-refractivity contribution in [3.8, 4) is 0 Å². The maximum absolute atomic E-state index is 12.5. The lowest BCUT2D eigenvalue weighted by Gasteiger charge is -2.07. The first-order valence-electron chi connectivity index (χ1n) is 7.00. The Labute approximate surface area is 142 Å². The van der Waals surface area contributed by atoms with Gasteiger partial charge in [-0.25, -0.2) is 22.9 Å². The third-order valence-electron chi connectivity index (χ3n) is 3.59. The van der Waals surface area contributed by atoms with E-state index in [1.54, 1.807) is 0 Å². The van der Waals surface area contributed by atoms with Crippen molar-refractivity contribution in [2.24, 2.45) is 7.05 Å². The molecule has 0 aliphatic rings. The minimum absolute atomic E-state index is 0.0178. The summed E-state index contributed by atoms with van der Waals surface area (Å²) >= 11 is 1.02. The number of methoxy groups -OCH3 is 1. The van der Waals surface area contributed by atoms with Crippen molar-refractivity contribution in [1.29, 1.82) is 0 Å². The molecule has 1 aromatic carbocycles. The third kappa shape index (κ3) is 2.93. The van der Waals surface area contributed by atoms with Crippen molar-refractivity contribution < 1.29 is 17.9 Å². The highest BCUT2D eigenvalue weighted by atomic mass is 32.2. The van der Waals surface area contributed by atoms with Gasteiger partial charge in [-0.15, -0.1) is 11.3 Å². The number of ether oxygens (including phenoxy) is 1. The summed E-state index contributed by atoms with van der Waals surface area (Å²) in [6.45, 7) is 0.0178. The van der Waals surface area contributed by atoms with Gasteiger partial charge in [-0.1, -0.05) is 12.1 Å². The van der Waals surface area contributed by atoms with Gasteiger partial charge < -0.3 is 9.30 Å². The maximum atomic E-state index is 12.5. The van der Waals surface area contributed by atoms with Crippen LogP contribution >= 0.6 is 11.3 Å². The zero-order valence-electron chi connectivity index (χ0n) is 13.0. The number of nitrogens with zero attached hydrogens (tertiary/aromatic N) is 2. The number of thiophene rings is 1. The molecule has 0 aliphatic carbocycles. The molecule has 7 nitrogen and oxygen atoms in total. The van der Waals surface area contributed by atoms with E-state index in [9.17, 15) is 13.2 Å². The summed E-state index contributed by atoms with van der Waals surface area (Å²) in [6.07, 6.45) is 0. The molecule has 2 heterocycles. The minimum Gasteiger partial charge on any atom is -0.465 e. The fourth-order valence-electron chi connectivity index (χ4n) is 2.34. The topological polar surface area (TPSA) is 90.3 Å². The molecule has 0 aliphatic heterocycles. The Hall–Kier alpha value is -2.23. The Bertz CT molecular complexity index is 1000. The van der Waals surface area contributed by atoms with Crippen LogP contribution in [0.1, 0.15) is 15.5 Å². The van der Waals surface area contributed by atoms with Gasteiger partial charge in [0, 0.05) is 7.05 Å². The van der Waals surface area contributed by atoms with Gasteiger partial charge in [-0.05, 0) is 23.6 Å². The lowest BCUT2D eigenvalue weighted by atomic mass is 10.3. The lowest BCUT2D eigenvalue weighted by molar-refractivity contribution is 0.0602. The molecule has 3 aromatic rings. The maximum Gasteiger partial charge on any atom is 0.349 e. The van der Waals surface area contributed by atoms with Crippen LogP contribution in [0.4, 0.5) is 0 Å². The van der Waals surface area contributed by atoms with E-state index >= 15 is 0 Å². The largest absolute Gasteiger partial charge is 0.465 e. The van der Waals surface area contributed by atoms with Crippen LogP contribution in [-0.4, -0.2) is 31.0 Å². The quantitative estimate of drug-likeness (QED) is 0.698. The summed E-state index contributed by atoms with van der Waals surface area (Å²) in [5, 5.41) is 1.54. The predicted octanol–water partition coefficient (Wildman–Crippen LogP) is 1.90. The van der Waals surface area contributed by atoms with Gasteiger partial charge in [0.05, 0.1) is 24.7 Å². The zero-order chi connectivity index (χ0) is 17.3. The predicted molar refractivity (Wildman–Crippen MR) is 90.4 cm³/mol. The van der Waals surface area contributed by atoms with Gasteiger partial charge in [-0.3, -0.25) is 0 Å². The summed E-state index contributed by atoms with van der Waals surface area (Å²) in [5.74, 6) is -0.0947. The van der Waals surface area contributed by atoms with E-state index in [1.807, 2.05) is 35.9 Å². The highest BCUT2D eigenvalue weighted by Crippen LogP contribution is 2.23. The second kappa shape index (κ2) is 6.34. The number of sulfonamides is 1. The average Bonchev–Trinajstić information content (AvgIpc) is 3.19. The fraction of sp³-hybridized carbons (Fsp3) is 0.200. The van der Waals surface area contributed by atoms with E-state index in [-0.39, 0.29) is 16.3 Å². The molecule has 1 N–H and O–H groups in total. The van der Waals surface area contributed by atoms with Crippen molar-refractivity contribution in [3.05, 3.63) is 46.4 Å². The molecule has 9 heteroatoms. The molecule has 126 valence electrons. The minimum atomic E-state index is -3.85. The normalized spacial score (nSPS) is 11.8. The number of aryl methyl sites for hydroxylation is 1. The highest BCUT2D eigenvalue weighted by Gasteiger charge is 2.25. The zero-order valence-corrected chi connectivity index (χ0v) is 14.6. The second-order valence-corrected chi connectivity index (χ2v) is 7.66. The summed E-state index contributed by atoms with van der Waals surface area (Å²) in [4.78, 5) is 16.1. The number of aromatic nitrogens is 2. The van der Waals surface area contributed by atoms with Crippen molar-refractivity contribution in [2.45, 2.75) is 11.4 Å². The molecule has 0 radical (unpaired) electrons. The van der Waals surface area contributed by atoms with Gasteiger partial charge in [0.15, 0.2) is 0 Å². The number of para-hydroxylation sites is 2. The molecule has 0 saturated heterocycles. The lowest BCUT2D eigenvalue weighted by Crippen LogP contribution is -2.25. The second-order valence-electron chi connectivity index (χ2n) is 5.01. The molecule has 0 fully saturated rings. The third-order valence-corrected chi connectivity index (χ3v) is 6.06. The molecule has 2 aromatic heterocycles. The molecular formula is C15H15N3O4S2. The molecule has 0 atom stereocenters. The molecular weight excluding hydrogens is 350 g/mol. The van der Waals surface area contributed by atoms with Crippen LogP contribution in [0.25, 0.3) is 11.0 Å². The number of imidazole rings is 1. The summed E-state index contributed by atoms with van der Waals surface area (Å²) in [6, 6.07) is 8.92. The van der Waals surface area contributed by atoms with Crippen molar-refractivity contribution in [3.63, 3.8) is 0 Å². The van der Waals surface area contributed by atoms with E-state index in [2.05, 4.69) is 14.4 Å². The number of benzene rings is 1. The van der Waals surface area contributed by atoms with Crippen molar-refractivity contribution in [1.82, 2.24) is 14.3 Å². The number of rotatable bonds is 5. The number of carbonyl (C=O) groups excluding carboxylic acids is 1. The van der Waals surface area contributed by atoms with Gasteiger partial charge in [0.25, 0.3) is 0 Å². The Balaban J connectivity index is 1.86. The van der Waals surface area contributed by atoms with Crippen molar-refractivity contribution >= 4 is 38.4 Å². The molecule has 24 heavy (non-hydrogen) atoms. The fourth-order valence-corrected chi connectivity index (χ4v) is 4.65. The van der Waals surface area contributed by atoms with E-state index in [4.69, 9.17) is 0 Å². The van der Waals surface area contributed by atoms with Crippen LogP contribution in [0.3, 0.4) is 0 Å². The van der Waals surface area contributed by atoms with Crippen LogP contribution in [0, 0.1) is 0 Å². The molecule has 0 saturated carbocycles. The SMILES string of the molecule is COC(=O)c1sccc1S(=O)(=O)NCc1nc2ccccc2n1C. The monoisotopic (exact) mass is 365 g/mol. The van der Waals surface area contributed by atoms with Gasteiger partial charge >= 0.3 is 5.97 Å². The number of hydrogen-bond donors (Lipinski definition) is 1. The molecule has 0 unspecified atom stereocenters. The molecule has 0 bridgehead atoms. The van der Waals surface area contributed by atoms with E-state index < -0.39 is 16.0 Å². The van der Waals surface area contributed by atoms with E-state index in [0.29, 0.717) is 5.82 Å². The van der Waals surface area contributed by atoms with Crippen LogP contribution < -0.4 is 4.72 Å². The van der Waals surface area contributed by atoms with Gasteiger partial charge in [-0.2, -0.15) is 0 Å². The van der Waals surface area contributed by atoms with Crippen molar-refractivity contribution in [2.75, 3.05) is 7.11 Å². The first kappa shape index (κ1) is 16.6. The molecule has 3 rings (SSSR count). The molecule has 0 amide bonds. The number of carbonyl (C=O) groups is 1. The Kier molecular flexibility index (Phi) is 4.39. The summed E-state index contributed by atoms with van der Waals surface area (Å²) in [5.41, 5.74) is 1.71. The van der Waals surface area contributed by atoms with Crippen LogP contribution in [0.2, 0.25) is 0 Å². The number of fused-ring (bicyclic) bond motifs is 1. The van der Waals surface area contributed by atoms with Gasteiger partial charge in [0.2, 0.25) is 10.0 Å². The number of esters is 1. The number of hydrogen-bond acceptors (Lipinski definition) is 6. The Morgan fingerprint density at radius 3 is 2.79 bits per heavy atom. The molecule has 0 spiro atoms. The van der Waals surface area contributed by atoms with Crippen LogP contribution in [0.5, 0.6) is 0 Å². The average molecular weight is 365 g/mol. The Morgan fingerprint density at radius 2 is 2.08 bits per heavy atom. The Morgan fingerprint density at radius 1 is 1.33 bits per heavy atom. The number of nitrogens with one attached hydrogen (secondary N) is 1. The van der Waals surface area contributed by atoms with Crippen LogP contribution in [0.15, 0.2) is 40.6 Å². The first-order valence-corrected chi connectivity index (χ1v) is 9.36.